The Bertz CT molecular complexity index is 963. The molecule has 1 unspecified atom stereocenters. The number of nitrogens with one attached hydrogen (secondary N) is 1. The smallest absolute Gasteiger partial charge is 0.244 e. The van der Waals surface area contributed by atoms with Crippen molar-refractivity contribution >= 4 is 21.0 Å². The molecule has 0 spiro atoms. The van der Waals surface area contributed by atoms with E-state index in [1.165, 1.54) is 18.2 Å². The fourth-order valence-electron chi connectivity index (χ4n) is 2.62. The number of sulfonamides is 1. The van der Waals surface area contributed by atoms with Crippen LogP contribution < -0.4 is 4.72 Å². The fraction of sp³-hybridized carbons (Fsp3) is 0.176. The zero-order valence-corrected chi connectivity index (χ0v) is 13.5. The summed E-state index contributed by atoms with van der Waals surface area (Å²) in [5.41, 5.74) is 1.56. The quantitative estimate of drug-likeness (QED) is 0.787. The van der Waals surface area contributed by atoms with E-state index in [2.05, 4.69) is 4.72 Å². The molecule has 0 radical (unpaired) electrons. The van der Waals surface area contributed by atoms with Crippen molar-refractivity contribution < 1.29 is 17.2 Å². The molecule has 1 heterocycles. The van der Waals surface area contributed by atoms with E-state index >= 15 is 0 Å². The van der Waals surface area contributed by atoms with Gasteiger partial charge in [-0.3, -0.25) is 0 Å². The monoisotopic (exact) mass is 333 g/mol. The maximum absolute atomic E-state index is 13.7. The molecule has 3 rings (SSSR count). The summed E-state index contributed by atoms with van der Waals surface area (Å²) in [5, 5.41) is 0.930. The summed E-state index contributed by atoms with van der Waals surface area (Å²) in [4.78, 5) is -0.374. The predicted octanol–water partition coefficient (Wildman–Crippen LogP) is 3.92. The molecule has 1 atom stereocenters. The van der Waals surface area contributed by atoms with Crippen LogP contribution in [-0.2, 0) is 10.0 Å². The molecule has 0 aliphatic heterocycles. The third-order valence-electron chi connectivity index (χ3n) is 3.73. The van der Waals surface area contributed by atoms with Crippen LogP contribution in [0.3, 0.4) is 0 Å². The number of para-hydroxylation sites is 1. The Kier molecular flexibility index (Phi) is 3.95. The van der Waals surface area contributed by atoms with E-state index in [0.717, 1.165) is 17.0 Å². The highest BCUT2D eigenvalue weighted by Gasteiger charge is 2.24. The van der Waals surface area contributed by atoms with Gasteiger partial charge in [0.25, 0.3) is 0 Å². The van der Waals surface area contributed by atoms with Crippen molar-refractivity contribution in [2.45, 2.75) is 24.8 Å². The summed E-state index contributed by atoms with van der Waals surface area (Å²) in [7, 11) is -3.98. The van der Waals surface area contributed by atoms with Gasteiger partial charge in [-0.25, -0.2) is 17.5 Å². The highest BCUT2D eigenvalue weighted by molar-refractivity contribution is 7.89. The van der Waals surface area contributed by atoms with Gasteiger partial charge in [0.15, 0.2) is 0 Å². The summed E-state index contributed by atoms with van der Waals surface area (Å²) < 4.78 is 46.7. The SMILES string of the molecule is Cc1c(C(C)NS(=O)(=O)c2ccccc2F)oc2ccccc12. The number of rotatable bonds is 4. The molecule has 23 heavy (non-hydrogen) atoms. The molecule has 0 amide bonds. The summed E-state index contributed by atoms with van der Waals surface area (Å²) in [6, 6.07) is 12.1. The van der Waals surface area contributed by atoms with E-state index in [4.69, 9.17) is 4.42 Å². The Morgan fingerprint density at radius 2 is 1.74 bits per heavy atom. The molecule has 0 saturated heterocycles. The molecule has 120 valence electrons. The molecule has 0 aliphatic carbocycles. The topological polar surface area (TPSA) is 59.3 Å². The van der Waals surface area contributed by atoms with Crippen molar-refractivity contribution in [3.05, 3.63) is 65.7 Å². The number of benzene rings is 2. The lowest BCUT2D eigenvalue weighted by molar-refractivity contribution is 0.479. The average molecular weight is 333 g/mol. The van der Waals surface area contributed by atoms with Crippen molar-refractivity contribution in [3.8, 4) is 0 Å². The standard InChI is InChI=1S/C17H16FNO3S/c1-11-13-7-3-5-9-15(13)22-17(11)12(2)19-23(20,21)16-10-6-4-8-14(16)18/h3-10,12,19H,1-2H3. The highest BCUT2D eigenvalue weighted by Crippen LogP contribution is 2.30. The van der Waals surface area contributed by atoms with Crippen LogP contribution in [0.4, 0.5) is 4.39 Å². The number of fused-ring (bicyclic) bond motifs is 1. The highest BCUT2D eigenvalue weighted by atomic mass is 32.2. The summed E-state index contributed by atoms with van der Waals surface area (Å²) in [6.45, 7) is 3.54. The van der Waals surface area contributed by atoms with Crippen LogP contribution >= 0.6 is 0 Å². The van der Waals surface area contributed by atoms with E-state index in [1.54, 1.807) is 6.92 Å². The lowest BCUT2D eigenvalue weighted by Gasteiger charge is -2.13. The van der Waals surface area contributed by atoms with E-state index in [-0.39, 0.29) is 4.90 Å². The number of hydrogen-bond acceptors (Lipinski definition) is 3. The van der Waals surface area contributed by atoms with E-state index < -0.39 is 21.9 Å². The molecule has 0 saturated carbocycles. The summed E-state index contributed by atoms with van der Waals surface area (Å²) in [6.07, 6.45) is 0. The van der Waals surface area contributed by atoms with Gasteiger partial charge in [0.1, 0.15) is 22.1 Å². The fourth-order valence-corrected chi connectivity index (χ4v) is 3.90. The molecule has 0 fully saturated rings. The first-order chi connectivity index (χ1) is 10.9. The third-order valence-corrected chi connectivity index (χ3v) is 5.31. The first kappa shape index (κ1) is 15.7. The van der Waals surface area contributed by atoms with Gasteiger partial charge >= 0.3 is 0 Å². The lowest BCUT2D eigenvalue weighted by atomic mass is 10.1. The molecule has 4 nitrogen and oxygen atoms in total. The molecule has 0 bridgehead atoms. The van der Waals surface area contributed by atoms with Crippen molar-refractivity contribution in [1.82, 2.24) is 4.72 Å². The van der Waals surface area contributed by atoms with E-state index in [1.807, 2.05) is 31.2 Å². The van der Waals surface area contributed by atoms with Crippen molar-refractivity contribution in [3.63, 3.8) is 0 Å². The van der Waals surface area contributed by atoms with Crippen LogP contribution in [0.1, 0.15) is 24.3 Å². The average Bonchev–Trinajstić information content (AvgIpc) is 2.85. The molecular weight excluding hydrogens is 317 g/mol. The van der Waals surface area contributed by atoms with Gasteiger partial charge in [0.2, 0.25) is 10.0 Å². The van der Waals surface area contributed by atoms with E-state index in [9.17, 15) is 12.8 Å². The minimum absolute atomic E-state index is 0.374. The minimum Gasteiger partial charge on any atom is -0.459 e. The van der Waals surface area contributed by atoms with Crippen LogP contribution in [0, 0.1) is 12.7 Å². The van der Waals surface area contributed by atoms with Crippen molar-refractivity contribution in [2.75, 3.05) is 0 Å². The molecule has 0 aliphatic rings. The van der Waals surface area contributed by atoms with Gasteiger partial charge in [0, 0.05) is 10.9 Å². The van der Waals surface area contributed by atoms with Crippen molar-refractivity contribution in [1.29, 1.82) is 0 Å². The number of halogens is 1. The number of aryl methyl sites for hydroxylation is 1. The zero-order valence-electron chi connectivity index (χ0n) is 12.7. The van der Waals surface area contributed by atoms with E-state index in [0.29, 0.717) is 11.3 Å². The van der Waals surface area contributed by atoms with Crippen molar-refractivity contribution in [2.24, 2.45) is 0 Å². The molecule has 1 N–H and O–H groups in total. The first-order valence-electron chi connectivity index (χ1n) is 7.15. The Hall–Kier alpha value is -2.18. The molecule has 6 heteroatoms. The normalized spacial score (nSPS) is 13.3. The molecule has 3 aromatic rings. The number of hydrogen-bond donors (Lipinski definition) is 1. The van der Waals surface area contributed by atoms with Crippen LogP contribution in [0.15, 0.2) is 57.8 Å². The summed E-state index contributed by atoms with van der Waals surface area (Å²) in [5.74, 6) is -0.264. The Balaban J connectivity index is 1.96. The van der Waals surface area contributed by atoms with Gasteiger partial charge in [-0.05, 0) is 32.0 Å². The lowest BCUT2D eigenvalue weighted by Crippen LogP contribution is -2.27. The number of furan rings is 1. The molecule has 1 aromatic heterocycles. The maximum atomic E-state index is 13.7. The van der Waals surface area contributed by atoms with Crippen LogP contribution in [0.25, 0.3) is 11.0 Å². The predicted molar refractivity (Wildman–Crippen MR) is 86.1 cm³/mol. The Morgan fingerprint density at radius 3 is 2.43 bits per heavy atom. The second-order valence-corrected chi connectivity index (χ2v) is 7.04. The Morgan fingerprint density at radius 1 is 1.09 bits per heavy atom. The van der Waals surface area contributed by atoms with Crippen LogP contribution in [0.5, 0.6) is 0 Å². The zero-order chi connectivity index (χ0) is 16.6. The molecule has 2 aromatic carbocycles. The minimum atomic E-state index is -3.98. The second kappa shape index (κ2) is 5.79. The molecular formula is C17H16FNO3S. The van der Waals surface area contributed by atoms with Gasteiger partial charge in [-0.1, -0.05) is 30.3 Å². The second-order valence-electron chi connectivity index (χ2n) is 5.36. The third kappa shape index (κ3) is 2.87. The van der Waals surface area contributed by atoms with Gasteiger partial charge in [-0.15, -0.1) is 0 Å². The van der Waals surface area contributed by atoms with Crippen LogP contribution in [-0.4, -0.2) is 8.42 Å². The van der Waals surface area contributed by atoms with Gasteiger partial charge < -0.3 is 4.42 Å². The maximum Gasteiger partial charge on any atom is 0.244 e. The Labute approximate surface area is 134 Å². The van der Waals surface area contributed by atoms with Crippen LogP contribution in [0.2, 0.25) is 0 Å². The van der Waals surface area contributed by atoms with Gasteiger partial charge in [-0.2, -0.15) is 0 Å². The largest absolute Gasteiger partial charge is 0.459 e. The first-order valence-corrected chi connectivity index (χ1v) is 8.63. The summed E-state index contributed by atoms with van der Waals surface area (Å²) >= 11 is 0. The van der Waals surface area contributed by atoms with Gasteiger partial charge in [0.05, 0.1) is 6.04 Å².